The van der Waals surface area contributed by atoms with E-state index in [1.165, 1.54) is 18.9 Å². The number of hydrogen-bond donors (Lipinski definition) is 3. The van der Waals surface area contributed by atoms with Crippen LogP contribution in [0.15, 0.2) is 0 Å². The van der Waals surface area contributed by atoms with Crippen LogP contribution in [0.2, 0.25) is 0 Å². The lowest BCUT2D eigenvalue weighted by Gasteiger charge is -2.28. The molecule has 1 rings (SSSR count). The standard InChI is InChI=1S/C10H18N2O5/c1-6(13)4-11(2)10(17)12-5-7(14)3-8(12)9(15)16/h6-8,13-14H,3-5H2,1-2H3,(H,15,16)/t6?,7?,8-/m0/s1. The zero-order valence-electron chi connectivity index (χ0n) is 9.91. The number of aliphatic hydroxyl groups excluding tert-OH is 2. The van der Waals surface area contributed by atoms with Gasteiger partial charge in [-0.2, -0.15) is 0 Å². The van der Waals surface area contributed by atoms with Crippen molar-refractivity contribution in [1.82, 2.24) is 9.80 Å². The van der Waals surface area contributed by atoms with Gasteiger partial charge >= 0.3 is 12.0 Å². The SMILES string of the molecule is CC(O)CN(C)C(=O)N1CC(O)C[C@H]1C(=O)O. The number of likely N-dealkylation sites (N-methyl/N-ethyl adjacent to an activating group) is 1. The molecule has 0 aliphatic carbocycles. The van der Waals surface area contributed by atoms with Crippen LogP contribution in [-0.4, -0.2) is 75.5 Å². The molecule has 1 heterocycles. The van der Waals surface area contributed by atoms with Gasteiger partial charge < -0.3 is 25.1 Å². The molecular formula is C10H18N2O5. The van der Waals surface area contributed by atoms with Gasteiger partial charge in [0.25, 0.3) is 0 Å². The van der Waals surface area contributed by atoms with Crippen molar-refractivity contribution in [1.29, 1.82) is 0 Å². The minimum Gasteiger partial charge on any atom is -0.480 e. The second kappa shape index (κ2) is 5.33. The molecule has 1 saturated heterocycles. The Morgan fingerprint density at radius 3 is 2.59 bits per heavy atom. The maximum atomic E-state index is 11.9. The van der Waals surface area contributed by atoms with Crippen molar-refractivity contribution < 1.29 is 24.9 Å². The Morgan fingerprint density at radius 1 is 1.53 bits per heavy atom. The van der Waals surface area contributed by atoms with E-state index in [1.54, 1.807) is 0 Å². The average molecular weight is 246 g/mol. The van der Waals surface area contributed by atoms with Crippen LogP contribution in [0.5, 0.6) is 0 Å². The zero-order valence-corrected chi connectivity index (χ0v) is 9.91. The first-order valence-electron chi connectivity index (χ1n) is 5.43. The molecule has 0 saturated carbocycles. The monoisotopic (exact) mass is 246 g/mol. The third kappa shape index (κ3) is 3.31. The van der Waals surface area contributed by atoms with Crippen LogP contribution in [0, 0.1) is 0 Å². The molecule has 0 aromatic heterocycles. The molecule has 1 aliphatic rings. The number of β-amino-alcohol motifs (C(OH)–C–C–N with tert-alkyl or cyclic N) is 1. The maximum Gasteiger partial charge on any atom is 0.326 e. The zero-order chi connectivity index (χ0) is 13.2. The van der Waals surface area contributed by atoms with Crippen LogP contribution in [-0.2, 0) is 4.79 Å². The van der Waals surface area contributed by atoms with Gasteiger partial charge in [0.2, 0.25) is 0 Å². The van der Waals surface area contributed by atoms with Crippen molar-refractivity contribution in [2.45, 2.75) is 31.6 Å². The lowest BCUT2D eigenvalue weighted by atomic mass is 10.2. The minimum atomic E-state index is -1.12. The molecular weight excluding hydrogens is 228 g/mol. The topological polar surface area (TPSA) is 101 Å². The van der Waals surface area contributed by atoms with Crippen LogP contribution < -0.4 is 0 Å². The summed E-state index contributed by atoms with van der Waals surface area (Å²) in [4.78, 5) is 25.2. The molecule has 0 aromatic rings. The van der Waals surface area contributed by atoms with Gasteiger partial charge in [0.05, 0.1) is 12.2 Å². The Labute approximate surface area is 99.2 Å². The summed E-state index contributed by atoms with van der Waals surface area (Å²) in [7, 11) is 1.48. The van der Waals surface area contributed by atoms with Crippen molar-refractivity contribution in [2.24, 2.45) is 0 Å². The van der Waals surface area contributed by atoms with Gasteiger partial charge in [-0.05, 0) is 6.92 Å². The quantitative estimate of drug-likeness (QED) is 0.589. The number of likely N-dealkylation sites (tertiary alicyclic amines) is 1. The highest BCUT2D eigenvalue weighted by Crippen LogP contribution is 2.19. The summed E-state index contributed by atoms with van der Waals surface area (Å²) >= 11 is 0. The molecule has 0 aromatic carbocycles. The highest BCUT2D eigenvalue weighted by molar-refractivity contribution is 5.83. The van der Waals surface area contributed by atoms with E-state index in [-0.39, 0.29) is 19.5 Å². The second-order valence-electron chi connectivity index (χ2n) is 4.41. The Hall–Kier alpha value is -1.34. The molecule has 1 fully saturated rings. The summed E-state index contributed by atoms with van der Waals surface area (Å²) in [6.07, 6.45) is -1.44. The number of rotatable bonds is 3. The predicted octanol–water partition coefficient (Wildman–Crippen LogP) is -1.06. The molecule has 7 nitrogen and oxygen atoms in total. The lowest BCUT2D eigenvalue weighted by Crippen LogP contribution is -2.48. The fraction of sp³-hybridized carbons (Fsp3) is 0.800. The van der Waals surface area contributed by atoms with Crippen LogP contribution in [0.25, 0.3) is 0 Å². The van der Waals surface area contributed by atoms with Crippen molar-refractivity contribution in [3.05, 3.63) is 0 Å². The van der Waals surface area contributed by atoms with Gasteiger partial charge in [-0.15, -0.1) is 0 Å². The second-order valence-corrected chi connectivity index (χ2v) is 4.41. The summed E-state index contributed by atoms with van der Waals surface area (Å²) in [5, 5.41) is 27.5. The molecule has 17 heavy (non-hydrogen) atoms. The number of urea groups is 1. The fourth-order valence-electron chi connectivity index (χ4n) is 1.95. The highest BCUT2D eigenvalue weighted by atomic mass is 16.4. The maximum absolute atomic E-state index is 11.9. The van der Waals surface area contributed by atoms with Gasteiger partial charge in [0.1, 0.15) is 6.04 Å². The van der Waals surface area contributed by atoms with Gasteiger partial charge in [0, 0.05) is 26.6 Å². The van der Waals surface area contributed by atoms with Crippen molar-refractivity contribution in [3.8, 4) is 0 Å². The Balaban J connectivity index is 2.70. The number of aliphatic carboxylic acids is 1. The van der Waals surface area contributed by atoms with E-state index in [2.05, 4.69) is 0 Å². The summed E-state index contributed by atoms with van der Waals surface area (Å²) in [5.41, 5.74) is 0. The first kappa shape index (κ1) is 13.7. The van der Waals surface area contributed by atoms with E-state index in [0.29, 0.717) is 0 Å². The van der Waals surface area contributed by atoms with E-state index in [9.17, 15) is 14.7 Å². The molecule has 2 amide bonds. The molecule has 1 aliphatic heterocycles. The minimum absolute atomic E-state index is 0.0138. The van der Waals surface area contributed by atoms with Crippen molar-refractivity contribution >= 4 is 12.0 Å². The van der Waals surface area contributed by atoms with Crippen molar-refractivity contribution in [3.63, 3.8) is 0 Å². The largest absolute Gasteiger partial charge is 0.480 e. The third-order valence-corrected chi connectivity index (χ3v) is 2.67. The smallest absolute Gasteiger partial charge is 0.326 e. The Kier molecular flexibility index (Phi) is 4.30. The van der Waals surface area contributed by atoms with E-state index in [0.717, 1.165) is 4.90 Å². The number of carbonyl (C=O) groups is 2. The van der Waals surface area contributed by atoms with Crippen LogP contribution in [0.4, 0.5) is 4.79 Å². The normalized spacial score (nSPS) is 25.8. The Bertz CT molecular complexity index is 307. The van der Waals surface area contributed by atoms with Gasteiger partial charge in [-0.3, -0.25) is 0 Å². The number of carboxylic acids is 1. The van der Waals surface area contributed by atoms with E-state index in [4.69, 9.17) is 10.2 Å². The van der Waals surface area contributed by atoms with Gasteiger partial charge in [-0.25, -0.2) is 9.59 Å². The summed E-state index contributed by atoms with van der Waals surface area (Å²) in [5.74, 6) is -1.12. The molecule has 3 atom stereocenters. The Morgan fingerprint density at radius 2 is 2.12 bits per heavy atom. The molecule has 3 N–H and O–H groups in total. The molecule has 7 heteroatoms. The van der Waals surface area contributed by atoms with E-state index in [1.807, 2.05) is 0 Å². The fourth-order valence-corrected chi connectivity index (χ4v) is 1.95. The molecule has 98 valence electrons. The number of carboxylic acid groups (broad SMARTS) is 1. The average Bonchev–Trinajstić information content (AvgIpc) is 2.58. The van der Waals surface area contributed by atoms with E-state index >= 15 is 0 Å². The first-order chi connectivity index (χ1) is 7.82. The van der Waals surface area contributed by atoms with Gasteiger partial charge in [0.15, 0.2) is 0 Å². The first-order valence-corrected chi connectivity index (χ1v) is 5.43. The summed E-state index contributed by atoms with van der Waals surface area (Å²) in [6, 6.07) is -1.48. The third-order valence-electron chi connectivity index (χ3n) is 2.67. The van der Waals surface area contributed by atoms with Gasteiger partial charge in [-0.1, -0.05) is 0 Å². The number of hydrogen-bond acceptors (Lipinski definition) is 4. The lowest BCUT2D eigenvalue weighted by molar-refractivity contribution is -0.141. The van der Waals surface area contributed by atoms with Crippen LogP contribution in [0.3, 0.4) is 0 Å². The van der Waals surface area contributed by atoms with Crippen LogP contribution >= 0.6 is 0 Å². The number of aliphatic hydroxyl groups is 2. The summed E-state index contributed by atoms with van der Waals surface area (Å²) < 4.78 is 0. The number of amides is 2. The van der Waals surface area contributed by atoms with E-state index < -0.39 is 30.3 Å². The summed E-state index contributed by atoms with van der Waals surface area (Å²) in [6.45, 7) is 1.68. The highest BCUT2D eigenvalue weighted by Gasteiger charge is 2.40. The van der Waals surface area contributed by atoms with Crippen molar-refractivity contribution in [2.75, 3.05) is 20.1 Å². The predicted molar refractivity (Wildman–Crippen MR) is 58.5 cm³/mol. The molecule has 0 bridgehead atoms. The molecule has 2 unspecified atom stereocenters. The molecule has 0 spiro atoms. The van der Waals surface area contributed by atoms with Crippen LogP contribution in [0.1, 0.15) is 13.3 Å². The number of nitrogens with zero attached hydrogens (tertiary/aromatic N) is 2. The number of carbonyl (C=O) groups excluding carboxylic acids is 1. The molecule has 0 radical (unpaired) electrons.